The van der Waals surface area contributed by atoms with Crippen molar-refractivity contribution in [1.29, 1.82) is 0 Å². The summed E-state index contributed by atoms with van der Waals surface area (Å²) in [7, 11) is 1.83. The highest BCUT2D eigenvalue weighted by Crippen LogP contribution is 2.31. The third-order valence-electron chi connectivity index (χ3n) is 6.00. The maximum absolute atomic E-state index is 14.1. The molecule has 3 heterocycles. The summed E-state index contributed by atoms with van der Waals surface area (Å²) in [6, 6.07) is 27.2. The van der Waals surface area contributed by atoms with Gasteiger partial charge < -0.3 is 4.90 Å². The summed E-state index contributed by atoms with van der Waals surface area (Å²) >= 11 is 0. The van der Waals surface area contributed by atoms with Crippen molar-refractivity contribution in [2.75, 3.05) is 7.05 Å². The highest BCUT2D eigenvalue weighted by atomic mass is 16.2. The van der Waals surface area contributed by atoms with Crippen molar-refractivity contribution in [3.8, 4) is 11.3 Å². The van der Waals surface area contributed by atoms with E-state index in [4.69, 9.17) is 4.98 Å². The van der Waals surface area contributed by atoms with E-state index in [1.54, 1.807) is 17.3 Å². The van der Waals surface area contributed by atoms with E-state index in [0.717, 1.165) is 27.9 Å². The summed E-state index contributed by atoms with van der Waals surface area (Å²) < 4.78 is 1.83. The first-order chi connectivity index (χ1) is 16.7. The number of pyridine rings is 2. The van der Waals surface area contributed by atoms with Gasteiger partial charge in [0.25, 0.3) is 5.91 Å². The van der Waals surface area contributed by atoms with Gasteiger partial charge in [0.15, 0.2) is 5.65 Å². The third kappa shape index (κ3) is 3.94. The lowest BCUT2D eigenvalue weighted by Gasteiger charge is -2.28. The van der Waals surface area contributed by atoms with Crippen LogP contribution in [-0.2, 0) is 6.54 Å². The van der Waals surface area contributed by atoms with Crippen molar-refractivity contribution < 1.29 is 4.79 Å². The molecule has 1 atom stereocenters. The molecule has 0 aliphatic rings. The summed E-state index contributed by atoms with van der Waals surface area (Å²) in [6.07, 6.45) is 3.49. The van der Waals surface area contributed by atoms with E-state index in [1.807, 2.05) is 104 Å². The van der Waals surface area contributed by atoms with Crippen LogP contribution >= 0.6 is 0 Å². The monoisotopic (exact) mass is 447 g/mol. The zero-order valence-corrected chi connectivity index (χ0v) is 19.2. The van der Waals surface area contributed by atoms with Crippen LogP contribution in [0.25, 0.3) is 22.3 Å². The number of hydrogen-bond donors (Lipinski definition) is 0. The van der Waals surface area contributed by atoms with Crippen LogP contribution in [0.2, 0.25) is 0 Å². The van der Waals surface area contributed by atoms with Gasteiger partial charge in [0, 0.05) is 25.4 Å². The fraction of sp³-hybridized carbons (Fsp3) is 0.143. The minimum absolute atomic E-state index is 0.111. The lowest BCUT2D eigenvalue weighted by Crippen LogP contribution is -2.32. The van der Waals surface area contributed by atoms with E-state index < -0.39 is 0 Å². The molecule has 0 aliphatic carbocycles. The Morgan fingerprint density at radius 3 is 2.35 bits per heavy atom. The fourth-order valence-corrected chi connectivity index (χ4v) is 4.29. The Labute approximate surface area is 198 Å². The average Bonchev–Trinajstić information content (AvgIpc) is 3.33. The summed E-state index contributed by atoms with van der Waals surface area (Å²) in [4.78, 5) is 25.2. The van der Waals surface area contributed by atoms with E-state index >= 15 is 0 Å². The minimum Gasteiger partial charge on any atom is -0.329 e. The molecule has 0 unspecified atom stereocenters. The van der Waals surface area contributed by atoms with Crippen LogP contribution in [0.5, 0.6) is 0 Å². The number of carbonyl (C=O) groups is 1. The Hall–Kier alpha value is -4.32. The summed E-state index contributed by atoms with van der Waals surface area (Å²) in [6.45, 7) is 2.68. The Morgan fingerprint density at radius 2 is 1.68 bits per heavy atom. The molecular weight excluding hydrogens is 422 g/mol. The van der Waals surface area contributed by atoms with Gasteiger partial charge in [-0.2, -0.15) is 5.10 Å². The van der Waals surface area contributed by atoms with Gasteiger partial charge in [-0.15, -0.1) is 0 Å². The molecule has 0 bridgehead atoms. The number of fused-ring (bicyclic) bond motifs is 1. The topological polar surface area (TPSA) is 63.9 Å². The van der Waals surface area contributed by atoms with Crippen molar-refractivity contribution in [3.05, 3.63) is 114 Å². The first kappa shape index (κ1) is 21.5. The van der Waals surface area contributed by atoms with Gasteiger partial charge in [0.1, 0.15) is 0 Å². The molecule has 5 rings (SSSR count). The van der Waals surface area contributed by atoms with Crippen molar-refractivity contribution in [2.45, 2.75) is 19.5 Å². The summed E-state index contributed by atoms with van der Waals surface area (Å²) in [5.74, 6) is -0.111. The number of amides is 1. The van der Waals surface area contributed by atoms with Crippen molar-refractivity contribution in [1.82, 2.24) is 24.6 Å². The molecule has 1 amide bonds. The summed E-state index contributed by atoms with van der Waals surface area (Å²) in [5.41, 5.74) is 4.78. The standard InChI is InChI=1S/C28H25N5O/c1-3-33-27-23(19-30-33)22(18-25(31-27)20-12-6-4-7-13-20)28(34)32(2)26(21-14-8-5-9-15-21)24-16-10-11-17-29-24/h4-19,26H,3H2,1-2H3/t26-/m0/s1. The maximum atomic E-state index is 14.1. The Morgan fingerprint density at radius 1 is 0.971 bits per heavy atom. The van der Waals surface area contributed by atoms with Crippen LogP contribution in [0.15, 0.2) is 97.3 Å². The molecule has 6 heteroatoms. The lowest BCUT2D eigenvalue weighted by atomic mass is 10.00. The SMILES string of the molecule is CCn1ncc2c(C(=O)N(C)[C@@H](c3ccccc3)c3ccccn3)cc(-c3ccccc3)nc21. The van der Waals surface area contributed by atoms with Crippen molar-refractivity contribution in [2.24, 2.45) is 0 Å². The molecule has 0 spiro atoms. The van der Waals surface area contributed by atoms with Gasteiger partial charge in [-0.3, -0.25) is 9.78 Å². The lowest BCUT2D eigenvalue weighted by molar-refractivity contribution is 0.0754. The zero-order chi connectivity index (χ0) is 23.5. The molecule has 0 fully saturated rings. The third-order valence-corrected chi connectivity index (χ3v) is 6.00. The maximum Gasteiger partial charge on any atom is 0.255 e. The second kappa shape index (κ2) is 9.27. The number of aryl methyl sites for hydroxylation is 1. The normalized spacial score (nSPS) is 11.9. The summed E-state index contributed by atoms with van der Waals surface area (Å²) in [5, 5.41) is 5.23. The van der Waals surface area contributed by atoms with E-state index in [2.05, 4.69) is 10.1 Å². The highest BCUT2D eigenvalue weighted by molar-refractivity contribution is 6.06. The molecule has 0 radical (unpaired) electrons. The Kier molecular flexibility index (Phi) is 5.87. The quantitative estimate of drug-likeness (QED) is 0.351. The van der Waals surface area contributed by atoms with E-state index in [9.17, 15) is 4.79 Å². The minimum atomic E-state index is -0.334. The van der Waals surface area contributed by atoms with Gasteiger partial charge in [-0.1, -0.05) is 66.7 Å². The average molecular weight is 448 g/mol. The van der Waals surface area contributed by atoms with Crippen LogP contribution in [0.4, 0.5) is 0 Å². The molecule has 3 aromatic heterocycles. The molecule has 0 aliphatic heterocycles. The Balaban J connectivity index is 1.65. The second-order valence-corrected chi connectivity index (χ2v) is 8.10. The molecular formula is C28H25N5O. The predicted molar refractivity (Wildman–Crippen MR) is 133 cm³/mol. The smallest absolute Gasteiger partial charge is 0.255 e. The van der Waals surface area contributed by atoms with Crippen LogP contribution in [0.3, 0.4) is 0 Å². The van der Waals surface area contributed by atoms with Crippen LogP contribution in [0, 0.1) is 0 Å². The molecule has 168 valence electrons. The van der Waals surface area contributed by atoms with E-state index in [0.29, 0.717) is 17.8 Å². The van der Waals surface area contributed by atoms with Crippen molar-refractivity contribution in [3.63, 3.8) is 0 Å². The van der Waals surface area contributed by atoms with Gasteiger partial charge in [-0.25, -0.2) is 9.67 Å². The molecule has 5 aromatic rings. The molecule has 0 saturated heterocycles. The molecule has 2 aromatic carbocycles. The molecule has 34 heavy (non-hydrogen) atoms. The second-order valence-electron chi connectivity index (χ2n) is 8.10. The van der Waals surface area contributed by atoms with E-state index in [-0.39, 0.29) is 11.9 Å². The zero-order valence-electron chi connectivity index (χ0n) is 19.2. The van der Waals surface area contributed by atoms with E-state index in [1.165, 1.54) is 0 Å². The number of nitrogens with zero attached hydrogens (tertiary/aromatic N) is 5. The number of aromatic nitrogens is 4. The van der Waals surface area contributed by atoms with Crippen LogP contribution < -0.4 is 0 Å². The number of hydrogen-bond acceptors (Lipinski definition) is 4. The number of benzene rings is 2. The first-order valence-corrected chi connectivity index (χ1v) is 11.3. The largest absolute Gasteiger partial charge is 0.329 e. The van der Waals surface area contributed by atoms with Gasteiger partial charge in [0.05, 0.1) is 34.6 Å². The van der Waals surface area contributed by atoms with Crippen molar-refractivity contribution >= 4 is 16.9 Å². The van der Waals surface area contributed by atoms with Gasteiger partial charge in [0.2, 0.25) is 0 Å². The van der Waals surface area contributed by atoms with Gasteiger partial charge >= 0.3 is 0 Å². The number of rotatable bonds is 6. The predicted octanol–water partition coefficient (Wildman–Crippen LogP) is 5.37. The molecule has 6 nitrogen and oxygen atoms in total. The van der Waals surface area contributed by atoms with Crippen LogP contribution in [0.1, 0.15) is 34.6 Å². The fourth-order valence-electron chi connectivity index (χ4n) is 4.29. The van der Waals surface area contributed by atoms with Gasteiger partial charge in [-0.05, 0) is 30.7 Å². The number of carbonyl (C=O) groups excluding carboxylic acids is 1. The van der Waals surface area contributed by atoms with Crippen LogP contribution in [-0.4, -0.2) is 37.6 Å². The molecule has 0 saturated carbocycles. The highest BCUT2D eigenvalue weighted by Gasteiger charge is 2.28. The Bertz CT molecular complexity index is 1380. The first-order valence-electron chi connectivity index (χ1n) is 11.3. The molecule has 0 N–H and O–H groups in total.